The Morgan fingerprint density at radius 3 is 2.51 bits per heavy atom. The number of anilines is 2. The zero-order valence-corrected chi connectivity index (χ0v) is 23.0. The van der Waals surface area contributed by atoms with Gasteiger partial charge in [0.15, 0.2) is 5.13 Å². The molecule has 0 bridgehead atoms. The van der Waals surface area contributed by atoms with Gasteiger partial charge in [0, 0.05) is 49.4 Å². The van der Waals surface area contributed by atoms with Crippen molar-refractivity contribution < 1.29 is 14.7 Å². The second-order valence-electron chi connectivity index (χ2n) is 10.1. The molecule has 1 fully saturated rings. The minimum atomic E-state index is -0.724. The monoisotopic (exact) mass is 545 g/mol. The quantitative estimate of drug-likeness (QED) is 0.280. The van der Waals surface area contributed by atoms with E-state index in [-0.39, 0.29) is 12.1 Å². The molecule has 0 radical (unpaired) electrons. The summed E-state index contributed by atoms with van der Waals surface area (Å²) in [7, 11) is 1.97. The predicted octanol–water partition coefficient (Wildman–Crippen LogP) is 5.43. The third-order valence-corrected chi connectivity index (χ3v) is 8.42. The number of aliphatic carboxylic acids is 1. The van der Waals surface area contributed by atoms with Gasteiger partial charge in [-0.2, -0.15) is 0 Å². The van der Waals surface area contributed by atoms with E-state index in [1.807, 2.05) is 50.1 Å². The molecule has 202 valence electrons. The Morgan fingerprint density at radius 2 is 1.87 bits per heavy atom. The minimum Gasteiger partial charge on any atom is -0.481 e. The molecule has 4 aromatic rings. The van der Waals surface area contributed by atoms with Crippen molar-refractivity contribution in [3.05, 3.63) is 48.9 Å². The average Bonchev–Trinajstić information content (AvgIpc) is 3.35. The van der Waals surface area contributed by atoms with E-state index in [0.717, 1.165) is 45.4 Å². The number of aromatic nitrogens is 4. The Labute approximate surface area is 230 Å². The third kappa shape index (κ3) is 5.53. The van der Waals surface area contributed by atoms with E-state index in [1.54, 1.807) is 18.6 Å². The number of carbonyl (C=O) groups excluding carboxylic acids is 1. The summed E-state index contributed by atoms with van der Waals surface area (Å²) in [6, 6.07) is 9.68. The molecule has 1 aromatic carbocycles. The Morgan fingerprint density at radius 1 is 1.13 bits per heavy atom. The highest BCUT2D eigenvalue weighted by Gasteiger charge is 2.38. The van der Waals surface area contributed by atoms with Gasteiger partial charge in [0.2, 0.25) is 5.95 Å². The molecule has 1 aliphatic rings. The highest BCUT2D eigenvalue weighted by Crippen LogP contribution is 2.39. The molecule has 11 heteroatoms. The van der Waals surface area contributed by atoms with Crippen LogP contribution in [-0.4, -0.2) is 56.7 Å². The van der Waals surface area contributed by atoms with Crippen LogP contribution < -0.4 is 15.5 Å². The number of carboxylic acid groups (broad SMARTS) is 1. The van der Waals surface area contributed by atoms with E-state index in [9.17, 15) is 14.7 Å². The van der Waals surface area contributed by atoms with Crippen LogP contribution in [0.2, 0.25) is 0 Å². The van der Waals surface area contributed by atoms with Crippen molar-refractivity contribution in [2.45, 2.75) is 45.6 Å². The SMILES string of the molecule is CCNC(=O)Nc1nc2cc(-c3cnc(N(C)C4CCC(C)(C(=O)O)CC4)nc3)cc(-c3ccccn3)c2s1. The van der Waals surface area contributed by atoms with Gasteiger partial charge < -0.3 is 15.3 Å². The molecule has 0 atom stereocenters. The summed E-state index contributed by atoms with van der Waals surface area (Å²) in [5.41, 5.74) is 3.53. The lowest BCUT2D eigenvalue weighted by molar-refractivity contribution is -0.149. The fourth-order valence-electron chi connectivity index (χ4n) is 4.92. The summed E-state index contributed by atoms with van der Waals surface area (Å²) in [4.78, 5) is 44.2. The summed E-state index contributed by atoms with van der Waals surface area (Å²) >= 11 is 1.40. The largest absolute Gasteiger partial charge is 0.481 e. The van der Waals surface area contributed by atoms with E-state index in [2.05, 4.69) is 36.6 Å². The number of rotatable bonds is 7. The number of thiazole rings is 1. The van der Waals surface area contributed by atoms with Crippen LogP contribution >= 0.6 is 11.3 Å². The maximum atomic E-state index is 12.1. The number of benzene rings is 1. The molecule has 0 spiro atoms. The van der Waals surface area contributed by atoms with Crippen molar-refractivity contribution in [3.8, 4) is 22.4 Å². The molecule has 0 aliphatic heterocycles. The van der Waals surface area contributed by atoms with Crippen LogP contribution in [0.5, 0.6) is 0 Å². The van der Waals surface area contributed by atoms with Crippen molar-refractivity contribution in [2.75, 3.05) is 23.8 Å². The maximum Gasteiger partial charge on any atom is 0.321 e. The highest BCUT2D eigenvalue weighted by atomic mass is 32.1. The number of carbonyl (C=O) groups is 2. The predicted molar refractivity (Wildman–Crippen MR) is 153 cm³/mol. The summed E-state index contributed by atoms with van der Waals surface area (Å²) in [5, 5.41) is 15.6. The summed E-state index contributed by atoms with van der Waals surface area (Å²) in [6.45, 7) is 4.21. The molecule has 10 nitrogen and oxygen atoms in total. The van der Waals surface area contributed by atoms with Crippen LogP contribution in [0, 0.1) is 5.41 Å². The highest BCUT2D eigenvalue weighted by molar-refractivity contribution is 7.22. The molecule has 0 unspecified atom stereocenters. The minimum absolute atomic E-state index is 0.196. The number of nitrogens with one attached hydrogen (secondary N) is 2. The van der Waals surface area contributed by atoms with E-state index in [4.69, 9.17) is 0 Å². The molecule has 1 saturated carbocycles. The molecule has 0 saturated heterocycles. The van der Waals surface area contributed by atoms with Crippen molar-refractivity contribution in [1.82, 2.24) is 25.3 Å². The summed E-state index contributed by atoms with van der Waals surface area (Å²) in [6.07, 6.45) is 8.18. The number of pyridine rings is 1. The molecule has 1 aliphatic carbocycles. The van der Waals surface area contributed by atoms with E-state index in [1.165, 1.54) is 11.3 Å². The van der Waals surface area contributed by atoms with Gasteiger partial charge in [-0.15, -0.1) is 0 Å². The lowest BCUT2D eigenvalue weighted by atomic mass is 9.74. The lowest BCUT2D eigenvalue weighted by Crippen LogP contribution is -2.41. The van der Waals surface area contributed by atoms with Crippen molar-refractivity contribution >= 4 is 44.6 Å². The Balaban J connectivity index is 1.43. The number of hydrogen-bond acceptors (Lipinski definition) is 8. The van der Waals surface area contributed by atoms with Crippen molar-refractivity contribution in [2.24, 2.45) is 5.41 Å². The second kappa shape index (κ2) is 10.9. The van der Waals surface area contributed by atoms with Crippen LogP contribution in [0.15, 0.2) is 48.9 Å². The fraction of sp³-hybridized carbons (Fsp3) is 0.357. The van der Waals surface area contributed by atoms with Crippen LogP contribution in [0.4, 0.5) is 15.9 Å². The summed E-state index contributed by atoms with van der Waals surface area (Å²) < 4.78 is 0.923. The van der Waals surface area contributed by atoms with Crippen LogP contribution in [-0.2, 0) is 4.79 Å². The van der Waals surface area contributed by atoms with Crippen LogP contribution in [0.3, 0.4) is 0 Å². The first kappa shape index (κ1) is 26.5. The Kier molecular flexibility index (Phi) is 7.42. The standard InChI is InChI=1S/C28H31N7O3S/c1-4-29-26(38)34-27-33-22-14-17(13-20(23(22)39-27)21-7-5-6-12-30-21)18-15-31-25(32-16-18)35(3)19-8-10-28(2,11-9-19)24(36)37/h5-7,12-16,19H,4,8-11H2,1-3H3,(H,36,37)(H2,29,33,34,38). The number of carboxylic acids is 1. The fourth-order valence-corrected chi connectivity index (χ4v) is 5.89. The molecular formula is C28H31N7O3S. The maximum absolute atomic E-state index is 12.1. The number of urea groups is 1. The molecule has 5 rings (SSSR count). The smallest absolute Gasteiger partial charge is 0.321 e. The van der Waals surface area contributed by atoms with Gasteiger partial charge in [0.05, 0.1) is 21.3 Å². The van der Waals surface area contributed by atoms with Gasteiger partial charge in [-0.05, 0) is 69.4 Å². The zero-order valence-electron chi connectivity index (χ0n) is 22.1. The van der Waals surface area contributed by atoms with Crippen molar-refractivity contribution in [3.63, 3.8) is 0 Å². The molecule has 3 N–H and O–H groups in total. The molecule has 3 aromatic heterocycles. The molecule has 3 heterocycles. The van der Waals surface area contributed by atoms with Gasteiger partial charge in [0.25, 0.3) is 0 Å². The van der Waals surface area contributed by atoms with Gasteiger partial charge >= 0.3 is 12.0 Å². The van der Waals surface area contributed by atoms with Gasteiger partial charge in [-0.3, -0.25) is 15.1 Å². The van der Waals surface area contributed by atoms with Crippen LogP contribution in [0.25, 0.3) is 32.6 Å². The second-order valence-corrected chi connectivity index (χ2v) is 11.1. The average molecular weight is 546 g/mol. The number of hydrogen-bond donors (Lipinski definition) is 3. The normalized spacial score (nSPS) is 19.0. The number of amides is 2. The number of nitrogens with zero attached hydrogens (tertiary/aromatic N) is 5. The van der Waals surface area contributed by atoms with Gasteiger partial charge in [-0.25, -0.2) is 19.7 Å². The van der Waals surface area contributed by atoms with E-state index < -0.39 is 11.4 Å². The van der Waals surface area contributed by atoms with E-state index in [0.29, 0.717) is 30.5 Å². The Bertz CT molecular complexity index is 1480. The molecular weight excluding hydrogens is 514 g/mol. The summed E-state index contributed by atoms with van der Waals surface area (Å²) in [5.74, 6) is -0.116. The molecule has 2 amide bonds. The zero-order chi connectivity index (χ0) is 27.6. The van der Waals surface area contributed by atoms with Gasteiger partial charge in [-0.1, -0.05) is 17.4 Å². The van der Waals surface area contributed by atoms with Crippen molar-refractivity contribution in [1.29, 1.82) is 0 Å². The topological polar surface area (TPSA) is 133 Å². The van der Waals surface area contributed by atoms with E-state index >= 15 is 0 Å². The number of fused-ring (bicyclic) bond motifs is 1. The first-order valence-corrected chi connectivity index (χ1v) is 13.8. The third-order valence-electron chi connectivity index (χ3n) is 7.40. The van der Waals surface area contributed by atoms with Gasteiger partial charge in [0.1, 0.15) is 0 Å². The first-order chi connectivity index (χ1) is 18.8. The molecule has 39 heavy (non-hydrogen) atoms. The Hall–Kier alpha value is -4.12. The lowest BCUT2D eigenvalue weighted by Gasteiger charge is -2.38. The van der Waals surface area contributed by atoms with Crippen LogP contribution in [0.1, 0.15) is 39.5 Å². The first-order valence-electron chi connectivity index (χ1n) is 13.0.